The Kier molecular flexibility index (Phi) is 8.89. The van der Waals surface area contributed by atoms with Crippen molar-refractivity contribution in [3.05, 3.63) is 12.7 Å². The first kappa shape index (κ1) is 22.6. The molecule has 0 spiro atoms. The third-order valence-corrected chi connectivity index (χ3v) is 3.33. The minimum absolute atomic E-state index is 0.0355. The van der Waals surface area contributed by atoms with Crippen LogP contribution in [0.15, 0.2) is 12.7 Å². The van der Waals surface area contributed by atoms with Gasteiger partial charge in [0.05, 0.1) is 6.61 Å². The topological polar surface area (TPSA) is 124 Å². The lowest BCUT2D eigenvalue weighted by Gasteiger charge is -2.43. The molecule has 0 bridgehead atoms. The smallest absolute Gasteiger partial charge is 0.303 e. The molecule has 0 saturated carbocycles. The van der Waals surface area contributed by atoms with Gasteiger partial charge < -0.3 is 28.4 Å². The Morgan fingerprint density at radius 3 is 1.85 bits per heavy atom. The second-order valence-corrected chi connectivity index (χ2v) is 5.69. The highest BCUT2D eigenvalue weighted by molar-refractivity contribution is 5.68. The molecule has 1 rings (SSSR count). The van der Waals surface area contributed by atoms with Crippen LogP contribution in [0.2, 0.25) is 0 Å². The predicted octanol–water partition coefficient (Wildman–Crippen LogP) is 0.272. The quantitative estimate of drug-likeness (QED) is 0.325. The van der Waals surface area contributed by atoms with Gasteiger partial charge in [0.1, 0.15) is 12.7 Å². The van der Waals surface area contributed by atoms with E-state index in [0.29, 0.717) is 0 Å². The molecule has 0 N–H and O–H groups in total. The van der Waals surface area contributed by atoms with E-state index in [1.54, 1.807) is 0 Å². The normalized spacial score (nSPS) is 27.2. The lowest BCUT2D eigenvalue weighted by atomic mass is 9.98. The lowest BCUT2D eigenvalue weighted by Crippen LogP contribution is -2.62. The van der Waals surface area contributed by atoms with Gasteiger partial charge in [0.25, 0.3) is 0 Å². The van der Waals surface area contributed by atoms with Crippen molar-refractivity contribution < 1.29 is 47.6 Å². The van der Waals surface area contributed by atoms with Gasteiger partial charge in [-0.15, -0.1) is 6.58 Å². The van der Waals surface area contributed by atoms with Crippen LogP contribution in [0.3, 0.4) is 0 Å². The van der Waals surface area contributed by atoms with Gasteiger partial charge in [-0.25, -0.2) is 0 Å². The second kappa shape index (κ2) is 10.6. The number of hydrogen-bond acceptors (Lipinski definition) is 10. The Hall–Kier alpha value is -2.46. The maximum absolute atomic E-state index is 11.6. The van der Waals surface area contributed by atoms with Crippen LogP contribution in [0.25, 0.3) is 0 Å². The zero-order valence-corrected chi connectivity index (χ0v) is 15.7. The van der Waals surface area contributed by atoms with Crippen molar-refractivity contribution in [1.82, 2.24) is 0 Å². The van der Waals surface area contributed by atoms with Crippen LogP contribution in [0, 0.1) is 0 Å². The van der Waals surface area contributed by atoms with Crippen molar-refractivity contribution in [2.45, 2.75) is 58.4 Å². The van der Waals surface area contributed by atoms with Gasteiger partial charge in [0, 0.05) is 27.7 Å². The van der Waals surface area contributed by atoms with Gasteiger partial charge in [-0.05, 0) is 0 Å². The van der Waals surface area contributed by atoms with Crippen LogP contribution in [0.5, 0.6) is 0 Å². The number of esters is 4. The van der Waals surface area contributed by atoms with Crippen molar-refractivity contribution >= 4 is 23.9 Å². The summed E-state index contributed by atoms with van der Waals surface area (Å²) in [6.07, 6.45) is -4.41. The van der Waals surface area contributed by atoms with Crippen LogP contribution < -0.4 is 0 Å². The van der Waals surface area contributed by atoms with Crippen LogP contribution in [0.1, 0.15) is 27.7 Å². The second-order valence-electron chi connectivity index (χ2n) is 5.69. The Balaban J connectivity index is 3.24. The van der Waals surface area contributed by atoms with Crippen LogP contribution in [-0.4, -0.2) is 67.8 Å². The van der Waals surface area contributed by atoms with E-state index in [1.165, 1.54) is 13.0 Å². The minimum atomic E-state index is -1.24. The first-order chi connectivity index (χ1) is 12.6. The molecule has 0 aromatic heterocycles. The van der Waals surface area contributed by atoms with Crippen LogP contribution in [0.4, 0.5) is 0 Å². The number of hydrogen-bond donors (Lipinski definition) is 0. The lowest BCUT2D eigenvalue weighted by molar-refractivity contribution is -0.305. The van der Waals surface area contributed by atoms with Crippen molar-refractivity contribution in [3.63, 3.8) is 0 Å². The summed E-state index contributed by atoms with van der Waals surface area (Å²) in [6, 6.07) is 0. The average Bonchev–Trinajstić information content (AvgIpc) is 2.54. The Morgan fingerprint density at radius 2 is 1.37 bits per heavy atom. The average molecular weight is 388 g/mol. The third-order valence-electron chi connectivity index (χ3n) is 3.33. The minimum Gasteiger partial charge on any atom is -0.463 e. The number of ether oxygens (including phenoxy) is 6. The summed E-state index contributed by atoms with van der Waals surface area (Å²) < 4.78 is 31.7. The molecular weight excluding hydrogens is 364 g/mol. The molecule has 0 aromatic rings. The van der Waals surface area contributed by atoms with Gasteiger partial charge in [-0.3, -0.25) is 19.2 Å². The molecule has 5 unspecified atom stereocenters. The Labute approximate surface area is 156 Å². The molecule has 1 fully saturated rings. The van der Waals surface area contributed by atoms with Gasteiger partial charge in [0.2, 0.25) is 0 Å². The van der Waals surface area contributed by atoms with Gasteiger partial charge >= 0.3 is 23.9 Å². The molecule has 0 aliphatic carbocycles. The summed E-state index contributed by atoms with van der Waals surface area (Å²) in [5.41, 5.74) is 0. The van der Waals surface area contributed by atoms with Gasteiger partial charge in [-0.2, -0.15) is 0 Å². The molecule has 0 aromatic carbocycles. The molecule has 0 radical (unpaired) electrons. The summed E-state index contributed by atoms with van der Waals surface area (Å²) >= 11 is 0. The molecule has 152 valence electrons. The highest BCUT2D eigenvalue weighted by Crippen LogP contribution is 2.29. The molecular formula is C17H24O10. The Morgan fingerprint density at radius 1 is 0.852 bits per heavy atom. The van der Waals surface area contributed by atoms with Crippen molar-refractivity contribution in [2.75, 3.05) is 13.2 Å². The number of carbonyl (C=O) groups is 4. The zero-order chi connectivity index (χ0) is 20.6. The molecule has 10 nitrogen and oxygen atoms in total. The highest BCUT2D eigenvalue weighted by atomic mass is 16.7. The molecule has 1 aliphatic rings. The molecule has 1 saturated heterocycles. The first-order valence-electron chi connectivity index (χ1n) is 8.18. The SMILES string of the molecule is C=CCOC1OC(COC(C)=O)C(OC(C)=O)C(OC(C)=O)C1OC(C)=O. The van der Waals surface area contributed by atoms with Gasteiger partial charge in [-0.1, -0.05) is 6.08 Å². The zero-order valence-electron chi connectivity index (χ0n) is 15.7. The van der Waals surface area contributed by atoms with E-state index in [2.05, 4.69) is 6.58 Å². The number of rotatable bonds is 8. The number of carbonyl (C=O) groups excluding carboxylic acids is 4. The summed E-state index contributed by atoms with van der Waals surface area (Å²) in [5.74, 6) is -2.67. The third kappa shape index (κ3) is 7.35. The van der Waals surface area contributed by atoms with Crippen LogP contribution in [-0.2, 0) is 47.6 Å². The maximum atomic E-state index is 11.6. The highest BCUT2D eigenvalue weighted by Gasteiger charge is 2.52. The van der Waals surface area contributed by atoms with E-state index in [1.807, 2.05) is 0 Å². The van der Waals surface area contributed by atoms with Gasteiger partial charge in [0.15, 0.2) is 24.6 Å². The van der Waals surface area contributed by atoms with E-state index in [4.69, 9.17) is 28.4 Å². The fourth-order valence-electron chi connectivity index (χ4n) is 2.49. The van der Waals surface area contributed by atoms with E-state index in [-0.39, 0.29) is 13.2 Å². The monoisotopic (exact) mass is 388 g/mol. The van der Waals surface area contributed by atoms with Crippen molar-refractivity contribution in [2.24, 2.45) is 0 Å². The molecule has 1 aliphatic heterocycles. The molecule has 1 heterocycles. The molecule has 10 heteroatoms. The molecule has 27 heavy (non-hydrogen) atoms. The largest absolute Gasteiger partial charge is 0.463 e. The first-order valence-corrected chi connectivity index (χ1v) is 8.18. The maximum Gasteiger partial charge on any atom is 0.303 e. The Bertz CT molecular complexity index is 572. The summed E-state index contributed by atoms with van der Waals surface area (Å²) in [6.45, 7) is 7.90. The standard InChI is InChI=1S/C17H24O10/c1-6-7-22-17-16(26-12(5)21)15(25-11(4)20)14(24-10(3)19)13(27-17)8-23-9(2)18/h6,13-17H,1,7-8H2,2-5H3. The van der Waals surface area contributed by atoms with E-state index < -0.39 is 54.6 Å². The van der Waals surface area contributed by atoms with Crippen molar-refractivity contribution in [3.8, 4) is 0 Å². The van der Waals surface area contributed by atoms with E-state index in [0.717, 1.165) is 20.8 Å². The fraction of sp³-hybridized carbons (Fsp3) is 0.647. The fourth-order valence-corrected chi connectivity index (χ4v) is 2.49. The van der Waals surface area contributed by atoms with Crippen LogP contribution >= 0.6 is 0 Å². The summed E-state index contributed by atoms with van der Waals surface area (Å²) in [4.78, 5) is 45.8. The molecule has 0 amide bonds. The van der Waals surface area contributed by atoms with Crippen molar-refractivity contribution in [1.29, 1.82) is 0 Å². The van der Waals surface area contributed by atoms with E-state index >= 15 is 0 Å². The predicted molar refractivity (Wildman–Crippen MR) is 88.1 cm³/mol. The summed E-state index contributed by atoms with van der Waals surface area (Å²) in [7, 11) is 0. The molecule has 5 atom stereocenters. The summed E-state index contributed by atoms with van der Waals surface area (Å²) in [5, 5.41) is 0. The van der Waals surface area contributed by atoms with E-state index in [9.17, 15) is 19.2 Å².